The molecule has 2 atom stereocenters. The molecule has 8 heteroatoms. The lowest BCUT2D eigenvalue weighted by molar-refractivity contribution is 0.354. The van der Waals surface area contributed by atoms with Crippen LogP contribution in [0.25, 0.3) is 0 Å². The molecule has 4 rings (SSSR count). The Hall–Kier alpha value is -3.03. The number of benzene rings is 1. The molecule has 0 aliphatic carbocycles. The molecule has 2 aliphatic rings. The Morgan fingerprint density at radius 3 is 2.47 bits per heavy atom. The fraction of sp³-hybridized carbons (Fsp3) is 0.500. The SMILES string of the molecule is Cc1ccc(Nc2ncnc(N3C4CCC3CC(C(=N)OC(=N)C(C)C)C4)c2C)c(F)c1. The van der Waals surface area contributed by atoms with Crippen molar-refractivity contribution in [3.05, 3.63) is 41.5 Å². The van der Waals surface area contributed by atoms with Gasteiger partial charge in [-0.1, -0.05) is 19.9 Å². The van der Waals surface area contributed by atoms with Gasteiger partial charge in [0.2, 0.25) is 0 Å². The summed E-state index contributed by atoms with van der Waals surface area (Å²) in [5.74, 6) is 1.50. The van der Waals surface area contributed by atoms with E-state index in [1.54, 1.807) is 6.07 Å². The van der Waals surface area contributed by atoms with Crippen molar-refractivity contribution in [1.29, 1.82) is 10.8 Å². The topological polar surface area (TPSA) is 98.0 Å². The van der Waals surface area contributed by atoms with Gasteiger partial charge in [0, 0.05) is 29.5 Å². The Bertz CT molecular complexity index is 1030. The van der Waals surface area contributed by atoms with Gasteiger partial charge in [0.1, 0.15) is 23.8 Å². The van der Waals surface area contributed by atoms with Gasteiger partial charge in [0.25, 0.3) is 0 Å². The molecule has 7 nitrogen and oxygen atoms in total. The van der Waals surface area contributed by atoms with Crippen LogP contribution in [0.2, 0.25) is 0 Å². The van der Waals surface area contributed by atoms with Gasteiger partial charge in [-0.15, -0.1) is 0 Å². The minimum atomic E-state index is -0.309. The number of piperidine rings is 1. The second-order valence-electron chi connectivity index (χ2n) is 9.23. The van der Waals surface area contributed by atoms with Crippen LogP contribution in [-0.2, 0) is 4.74 Å². The van der Waals surface area contributed by atoms with Crippen molar-refractivity contribution in [3.8, 4) is 0 Å². The molecule has 170 valence electrons. The Morgan fingerprint density at radius 1 is 1.16 bits per heavy atom. The lowest BCUT2D eigenvalue weighted by atomic mass is 9.90. The second-order valence-corrected chi connectivity index (χ2v) is 9.23. The molecule has 3 N–H and O–H groups in total. The summed E-state index contributed by atoms with van der Waals surface area (Å²) in [5, 5.41) is 19.4. The molecule has 0 spiro atoms. The molecule has 2 fully saturated rings. The molecular weight excluding hydrogens is 407 g/mol. The van der Waals surface area contributed by atoms with Crippen molar-refractivity contribution in [2.75, 3.05) is 10.2 Å². The van der Waals surface area contributed by atoms with E-state index in [-0.39, 0.29) is 41.5 Å². The normalized spacial score (nSPS) is 22.2. The van der Waals surface area contributed by atoms with E-state index < -0.39 is 0 Å². The third-order valence-corrected chi connectivity index (χ3v) is 6.53. The van der Waals surface area contributed by atoms with E-state index in [2.05, 4.69) is 20.2 Å². The number of rotatable bonds is 5. The summed E-state index contributed by atoms with van der Waals surface area (Å²) in [7, 11) is 0. The first kappa shape index (κ1) is 22.2. The number of hydrogen-bond acceptors (Lipinski definition) is 7. The highest BCUT2D eigenvalue weighted by atomic mass is 19.1. The van der Waals surface area contributed by atoms with Crippen LogP contribution in [0.5, 0.6) is 0 Å². The highest BCUT2D eigenvalue weighted by Gasteiger charge is 2.44. The Kier molecular flexibility index (Phi) is 6.13. The van der Waals surface area contributed by atoms with Crippen molar-refractivity contribution in [2.45, 2.75) is 65.5 Å². The standard InChI is InChI=1S/C24H31FN6O/c1-13(2)21(26)32-22(27)16-10-17-6-7-18(11-16)31(17)24-15(4)23(28-12-29-24)30-20-8-5-14(3)9-19(20)25/h5,8-9,12-13,16-18,26-27H,6-7,10-11H2,1-4H3,(H,28,29,30). The summed E-state index contributed by atoms with van der Waals surface area (Å²) < 4.78 is 19.9. The van der Waals surface area contributed by atoms with Gasteiger partial charge >= 0.3 is 0 Å². The van der Waals surface area contributed by atoms with Gasteiger partial charge in [0.15, 0.2) is 11.8 Å². The minimum Gasteiger partial charge on any atom is -0.429 e. The van der Waals surface area contributed by atoms with Crippen LogP contribution in [0.15, 0.2) is 24.5 Å². The maximum atomic E-state index is 14.4. The Balaban J connectivity index is 1.52. The maximum Gasteiger partial charge on any atom is 0.192 e. The molecule has 2 aliphatic heterocycles. The Morgan fingerprint density at radius 2 is 1.84 bits per heavy atom. The molecule has 2 unspecified atom stereocenters. The van der Waals surface area contributed by atoms with E-state index in [4.69, 9.17) is 15.6 Å². The number of hydrogen-bond donors (Lipinski definition) is 3. The van der Waals surface area contributed by atoms with Crippen LogP contribution in [0.4, 0.5) is 21.7 Å². The number of aryl methyl sites for hydroxylation is 1. The number of nitrogens with zero attached hydrogens (tertiary/aromatic N) is 3. The fourth-order valence-corrected chi connectivity index (χ4v) is 4.73. The third kappa shape index (κ3) is 4.31. The van der Waals surface area contributed by atoms with Crippen molar-refractivity contribution in [1.82, 2.24) is 9.97 Å². The summed E-state index contributed by atoms with van der Waals surface area (Å²) in [6.07, 6.45) is 5.21. The number of anilines is 3. The number of ether oxygens (including phenoxy) is 1. The highest BCUT2D eigenvalue weighted by Crippen LogP contribution is 2.43. The lowest BCUT2D eigenvalue weighted by Gasteiger charge is -2.40. The quantitative estimate of drug-likeness (QED) is 0.432. The fourth-order valence-electron chi connectivity index (χ4n) is 4.73. The first-order valence-electron chi connectivity index (χ1n) is 11.2. The average Bonchev–Trinajstić information content (AvgIpc) is 2.99. The van der Waals surface area contributed by atoms with Crippen LogP contribution in [-0.4, -0.2) is 33.8 Å². The summed E-state index contributed by atoms with van der Waals surface area (Å²) in [5.41, 5.74) is 2.14. The van der Waals surface area contributed by atoms with Gasteiger partial charge in [-0.25, -0.2) is 14.4 Å². The molecule has 1 aromatic heterocycles. The van der Waals surface area contributed by atoms with E-state index in [9.17, 15) is 4.39 Å². The Labute approximate surface area is 188 Å². The van der Waals surface area contributed by atoms with E-state index in [0.29, 0.717) is 11.5 Å². The lowest BCUT2D eigenvalue weighted by Crippen LogP contribution is -2.46. The number of fused-ring (bicyclic) bond motifs is 2. The molecule has 2 bridgehead atoms. The maximum absolute atomic E-state index is 14.4. The van der Waals surface area contributed by atoms with Crippen LogP contribution in [0, 0.1) is 42.3 Å². The van der Waals surface area contributed by atoms with E-state index in [1.165, 1.54) is 12.4 Å². The van der Waals surface area contributed by atoms with Gasteiger partial charge in [-0.05, 0) is 57.2 Å². The van der Waals surface area contributed by atoms with Crippen molar-refractivity contribution < 1.29 is 9.13 Å². The van der Waals surface area contributed by atoms with Gasteiger partial charge < -0.3 is 15.0 Å². The zero-order chi connectivity index (χ0) is 23.0. The molecule has 1 aromatic carbocycles. The van der Waals surface area contributed by atoms with Gasteiger partial charge in [-0.2, -0.15) is 0 Å². The molecule has 2 aromatic rings. The molecule has 2 saturated heterocycles. The summed E-state index contributed by atoms with van der Waals surface area (Å²) >= 11 is 0. The second kappa shape index (κ2) is 8.84. The smallest absolute Gasteiger partial charge is 0.192 e. The number of halogens is 1. The summed E-state index contributed by atoms with van der Waals surface area (Å²) in [6.45, 7) is 7.61. The molecular formula is C24H31FN6O. The van der Waals surface area contributed by atoms with Crippen LogP contribution < -0.4 is 10.2 Å². The molecule has 0 saturated carbocycles. The van der Waals surface area contributed by atoms with Gasteiger partial charge in [-0.3, -0.25) is 10.8 Å². The monoisotopic (exact) mass is 438 g/mol. The molecule has 0 radical (unpaired) electrons. The molecule has 0 amide bonds. The van der Waals surface area contributed by atoms with E-state index in [0.717, 1.165) is 42.6 Å². The summed E-state index contributed by atoms with van der Waals surface area (Å²) in [6, 6.07) is 5.61. The zero-order valence-electron chi connectivity index (χ0n) is 19.1. The minimum absolute atomic E-state index is 0.0178. The highest BCUT2D eigenvalue weighted by molar-refractivity contribution is 5.90. The average molecular weight is 439 g/mol. The van der Waals surface area contributed by atoms with Crippen LogP contribution in [0.1, 0.15) is 50.7 Å². The first-order chi connectivity index (χ1) is 15.2. The van der Waals surface area contributed by atoms with Crippen LogP contribution >= 0.6 is 0 Å². The number of nitrogens with one attached hydrogen (secondary N) is 3. The van der Waals surface area contributed by atoms with Gasteiger partial charge in [0.05, 0.1) is 5.69 Å². The van der Waals surface area contributed by atoms with E-state index >= 15 is 0 Å². The molecule has 3 heterocycles. The predicted molar refractivity (Wildman–Crippen MR) is 125 cm³/mol. The number of aromatic nitrogens is 2. The van der Waals surface area contributed by atoms with Crippen molar-refractivity contribution in [3.63, 3.8) is 0 Å². The van der Waals surface area contributed by atoms with Crippen molar-refractivity contribution >= 4 is 29.1 Å². The summed E-state index contributed by atoms with van der Waals surface area (Å²) in [4.78, 5) is 11.3. The molecule has 32 heavy (non-hydrogen) atoms. The van der Waals surface area contributed by atoms with Crippen molar-refractivity contribution in [2.24, 2.45) is 11.8 Å². The predicted octanol–water partition coefficient (Wildman–Crippen LogP) is 5.35. The van der Waals surface area contributed by atoms with Crippen LogP contribution in [0.3, 0.4) is 0 Å². The first-order valence-corrected chi connectivity index (χ1v) is 11.2. The van der Waals surface area contributed by atoms with E-state index in [1.807, 2.05) is 33.8 Å². The largest absolute Gasteiger partial charge is 0.429 e. The third-order valence-electron chi connectivity index (χ3n) is 6.53. The zero-order valence-corrected chi connectivity index (χ0v) is 19.1.